The molecule has 8 heteroatoms. The monoisotopic (exact) mass is 380 g/mol. The van der Waals surface area contributed by atoms with Gasteiger partial charge in [0.25, 0.3) is 5.91 Å². The van der Waals surface area contributed by atoms with Crippen LogP contribution in [0, 0.1) is 0 Å². The molecule has 1 unspecified atom stereocenters. The van der Waals surface area contributed by atoms with E-state index >= 15 is 0 Å². The Balaban J connectivity index is 1.78. The first-order valence-corrected chi connectivity index (χ1v) is 9.25. The lowest BCUT2D eigenvalue weighted by Crippen LogP contribution is -2.43. The van der Waals surface area contributed by atoms with Crippen LogP contribution in [-0.4, -0.2) is 48.5 Å². The van der Waals surface area contributed by atoms with Crippen molar-refractivity contribution >= 4 is 22.8 Å². The molecule has 0 radical (unpaired) electrons. The number of anilines is 1. The number of amides is 1. The number of aliphatic hydroxyl groups is 2. The Bertz CT molecular complexity index is 1110. The van der Waals surface area contributed by atoms with Crippen molar-refractivity contribution in [1.29, 1.82) is 0 Å². The van der Waals surface area contributed by atoms with Gasteiger partial charge in [0.15, 0.2) is 6.23 Å². The molecule has 1 fully saturated rings. The van der Waals surface area contributed by atoms with Crippen molar-refractivity contribution < 1.29 is 19.7 Å². The van der Waals surface area contributed by atoms with Gasteiger partial charge < -0.3 is 24.8 Å². The largest absolute Gasteiger partial charge is 0.387 e. The van der Waals surface area contributed by atoms with E-state index in [9.17, 15) is 15.0 Å². The van der Waals surface area contributed by atoms with Gasteiger partial charge in [-0.1, -0.05) is 25.1 Å². The summed E-state index contributed by atoms with van der Waals surface area (Å²) in [7, 11) is 0. The Hall–Kier alpha value is -2.81. The van der Waals surface area contributed by atoms with E-state index in [1.165, 1.54) is 6.33 Å². The van der Waals surface area contributed by atoms with Crippen LogP contribution < -0.4 is 5.32 Å². The molecule has 2 aliphatic heterocycles. The van der Waals surface area contributed by atoms with Crippen LogP contribution in [0.25, 0.3) is 22.2 Å². The summed E-state index contributed by atoms with van der Waals surface area (Å²) in [6.45, 7) is 3.46. The minimum Gasteiger partial charge on any atom is -0.387 e. The van der Waals surface area contributed by atoms with Crippen LogP contribution in [0.4, 0.5) is 5.82 Å². The Morgan fingerprint density at radius 1 is 1.25 bits per heavy atom. The van der Waals surface area contributed by atoms with E-state index in [0.29, 0.717) is 28.8 Å². The Kier molecular flexibility index (Phi) is 3.61. The van der Waals surface area contributed by atoms with Crippen molar-refractivity contribution in [3.05, 3.63) is 42.4 Å². The second kappa shape index (κ2) is 5.84. The highest BCUT2D eigenvalue weighted by molar-refractivity contribution is 6.17. The Morgan fingerprint density at radius 2 is 2.00 bits per heavy atom. The molecule has 1 amide bonds. The number of nitrogens with zero attached hydrogens (tertiary/aromatic N) is 3. The summed E-state index contributed by atoms with van der Waals surface area (Å²) >= 11 is 0. The number of ether oxygens (including phenoxy) is 1. The number of aliphatic hydroxyl groups excluding tert-OH is 1. The van der Waals surface area contributed by atoms with Crippen molar-refractivity contribution in [2.75, 3.05) is 5.32 Å². The molecule has 2 aliphatic rings. The first-order valence-electron chi connectivity index (χ1n) is 9.25. The molecule has 0 saturated carbocycles. The molecule has 3 aromatic rings. The zero-order chi connectivity index (χ0) is 19.6. The summed E-state index contributed by atoms with van der Waals surface area (Å²) < 4.78 is 7.73. The molecule has 0 spiro atoms. The third-order valence-corrected chi connectivity index (χ3v) is 5.71. The molecular formula is C20H20N4O4. The fraction of sp³-hybridized carbons (Fsp3) is 0.350. The third kappa shape index (κ3) is 2.19. The van der Waals surface area contributed by atoms with Gasteiger partial charge in [-0.15, -0.1) is 0 Å². The zero-order valence-electron chi connectivity index (χ0n) is 15.5. The summed E-state index contributed by atoms with van der Waals surface area (Å²) in [5, 5.41) is 25.0. The van der Waals surface area contributed by atoms with E-state index < -0.39 is 24.0 Å². The molecule has 8 nitrogen and oxygen atoms in total. The summed E-state index contributed by atoms with van der Waals surface area (Å²) in [6.07, 6.45) is 1.41. The number of fused-ring (bicyclic) bond motifs is 2. The van der Waals surface area contributed by atoms with Crippen LogP contribution in [0.3, 0.4) is 0 Å². The highest BCUT2D eigenvalue weighted by atomic mass is 16.6. The standard InChI is InChI=1S/C20H20N4O4/c1-3-13-15(25)20(2,27)19(28-13)24-8-12-10-6-4-5-7-11(10)18(26)23-16-14(12)17(24)22-9-21-16/h4-9,13,15,19,25,27H,3H2,1-2H3,(H,21,22,23,26)/t13-,15-,19?,20-/m1/s1. The summed E-state index contributed by atoms with van der Waals surface area (Å²) in [5.41, 5.74) is 1.08. The smallest absolute Gasteiger partial charge is 0.257 e. The van der Waals surface area contributed by atoms with Crippen LogP contribution in [0.2, 0.25) is 0 Å². The van der Waals surface area contributed by atoms with Crippen molar-refractivity contribution in [2.45, 2.75) is 44.3 Å². The maximum Gasteiger partial charge on any atom is 0.257 e. The van der Waals surface area contributed by atoms with E-state index in [0.717, 1.165) is 11.1 Å². The lowest BCUT2D eigenvalue weighted by molar-refractivity contribution is -0.0937. The van der Waals surface area contributed by atoms with Crippen LogP contribution in [0.5, 0.6) is 0 Å². The maximum atomic E-state index is 12.6. The van der Waals surface area contributed by atoms with Crippen LogP contribution >= 0.6 is 0 Å². The number of hydrogen-bond acceptors (Lipinski definition) is 6. The van der Waals surface area contributed by atoms with E-state index in [4.69, 9.17) is 4.74 Å². The van der Waals surface area contributed by atoms with Crippen molar-refractivity contribution in [2.24, 2.45) is 0 Å². The average molecular weight is 380 g/mol. The normalized spacial score (nSPS) is 28.9. The number of benzene rings is 1. The van der Waals surface area contributed by atoms with Crippen molar-refractivity contribution in [1.82, 2.24) is 14.5 Å². The molecule has 2 aromatic heterocycles. The fourth-order valence-electron chi connectivity index (χ4n) is 4.22. The summed E-state index contributed by atoms with van der Waals surface area (Å²) in [6, 6.07) is 7.30. The van der Waals surface area contributed by atoms with Gasteiger partial charge in [-0.2, -0.15) is 0 Å². The average Bonchev–Trinajstić information content (AvgIpc) is 3.13. The Labute approximate surface area is 160 Å². The lowest BCUT2D eigenvalue weighted by atomic mass is 9.95. The van der Waals surface area contributed by atoms with Gasteiger partial charge in [0.05, 0.1) is 11.5 Å². The Morgan fingerprint density at radius 3 is 2.71 bits per heavy atom. The molecule has 0 bridgehead atoms. The van der Waals surface area contributed by atoms with E-state index in [1.807, 2.05) is 25.3 Å². The van der Waals surface area contributed by atoms with Crippen LogP contribution in [-0.2, 0) is 4.74 Å². The molecule has 3 N–H and O–H groups in total. The zero-order valence-corrected chi connectivity index (χ0v) is 15.5. The highest BCUT2D eigenvalue weighted by Gasteiger charge is 2.52. The molecular weight excluding hydrogens is 360 g/mol. The molecule has 0 aliphatic carbocycles. The molecule has 28 heavy (non-hydrogen) atoms. The number of carbonyl (C=O) groups is 1. The lowest BCUT2D eigenvalue weighted by Gasteiger charge is -2.27. The van der Waals surface area contributed by atoms with Crippen molar-refractivity contribution in [3.63, 3.8) is 0 Å². The van der Waals surface area contributed by atoms with Crippen LogP contribution in [0.15, 0.2) is 36.8 Å². The number of nitrogens with one attached hydrogen (secondary N) is 1. The van der Waals surface area contributed by atoms with Gasteiger partial charge in [-0.05, 0) is 25.0 Å². The van der Waals surface area contributed by atoms with E-state index in [2.05, 4.69) is 15.3 Å². The number of rotatable bonds is 2. The molecule has 144 valence electrons. The van der Waals surface area contributed by atoms with Crippen LogP contribution in [0.1, 0.15) is 36.9 Å². The highest BCUT2D eigenvalue weighted by Crippen LogP contribution is 2.45. The number of aromatic nitrogens is 3. The SMILES string of the molecule is CC[C@H]1OC(n2cc3c4c(ncnc42)NC(=O)c2ccccc2-3)[C@](C)(O)[C@@H]1O. The van der Waals surface area contributed by atoms with E-state index in [-0.39, 0.29) is 5.91 Å². The van der Waals surface area contributed by atoms with Gasteiger partial charge in [0, 0.05) is 17.3 Å². The van der Waals surface area contributed by atoms with Crippen molar-refractivity contribution in [3.8, 4) is 11.1 Å². The predicted octanol–water partition coefficient (Wildman–Crippen LogP) is 2.08. The second-order valence-electron chi connectivity index (χ2n) is 7.48. The van der Waals surface area contributed by atoms with E-state index in [1.54, 1.807) is 23.6 Å². The minimum absolute atomic E-state index is 0.232. The molecule has 4 heterocycles. The van der Waals surface area contributed by atoms with Gasteiger partial charge in [-0.3, -0.25) is 4.79 Å². The molecule has 1 aromatic carbocycles. The van der Waals surface area contributed by atoms with Gasteiger partial charge in [0.1, 0.15) is 29.5 Å². The fourth-order valence-corrected chi connectivity index (χ4v) is 4.22. The quantitative estimate of drug-likeness (QED) is 0.628. The summed E-state index contributed by atoms with van der Waals surface area (Å²) in [5.74, 6) is 0.175. The predicted molar refractivity (Wildman–Crippen MR) is 102 cm³/mol. The number of hydrogen-bond donors (Lipinski definition) is 3. The molecule has 5 rings (SSSR count). The van der Waals surface area contributed by atoms with Gasteiger partial charge >= 0.3 is 0 Å². The molecule has 4 atom stereocenters. The summed E-state index contributed by atoms with van der Waals surface area (Å²) in [4.78, 5) is 21.2. The maximum absolute atomic E-state index is 12.6. The van der Waals surface area contributed by atoms with Gasteiger partial charge in [-0.25, -0.2) is 9.97 Å². The molecule has 1 saturated heterocycles. The third-order valence-electron chi connectivity index (χ3n) is 5.71. The topological polar surface area (TPSA) is 110 Å². The van der Waals surface area contributed by atoms with Gasteiger partial charge in [0.2, 0.25) is 0 Å². The number of carbonyl (C=O) groups excluding carboxylic acids is 1. The second-order valence-corrected chi connectivity index (χ2v) is 7.48. The first kappa shape index (κ1) is 17.3. The first-order chi connectivity index (χ1) is 13.4. The minimum atomic E-state index is -1.50.